The summed E-state index contributed by atoms with van der Waals surface area (Å²) >= 11 is 0. The van der Waals surface area contributed by atoms with Crippen molar-refractivity contribution in [3.8, 4) is 0 Å². The number of nitrogens with one attached hydrogen (secondary N) is 1. The highest BCUT2D eigenvalue weighted by molar-refractivity contribution is 4.76. The maximum absolute atomic E-state index is 3.71. The Morgan fingerprint density at radius 3 is 1.94 bits per heavy atom. The van der Waals surface area contributed by atoms with Gasteiger partial charge in [0.05, 0.1) is 0 Å². The minimum atomic E-state index is 0.777. The fourth-order valence-electron chi connectivity index (χ4n) is 3.39. The van der Waals surface area contributed by atoms with Crippen LogP contribution in [0.15, 0.2) is 0 Å². The lowest BCUT2D eigenvalue weighted by molar-refractivity contribution is 0.244. The molecule has 1 unspecified atom stereocenters. The third-order valence-corrected chi connectivity index (χ3v) is 4.30. The van der Waals surface area contributed by atoms with Crippen molar-refractivity contribution in [2.75, 3.05) is 13.1 Å². The lowest BCUT2D eigenvalue weighted by atomic mass is 9.81. The van der Waals surface area contributed by atoms with Crippen LogP contribution in [0.1, 0.15) is 72.6 Å². The van der Waals surface area contributed by atoms with Gasteiger partial charge in [-0.25, -0.2) is 0 Å². The molecule has 0 aromatic heterocycles. The molecule has 0 aromatic carbocycles. The molecule has 1 heteroatoms. The Bertz CT molecular complexity index is 190. The summed E-state index contributed by atoms with van der Waals surface area (Å²) in [6, 6.07) is 0. The zero-order valence-corrected chi connectivity index (χ0v) is 13.2. The van der Waals surface area contributed by atoms with E-state index in [9.17, 15) is 0 Å². The lowest BCUT2D eigenvalue weighted by Gasteiger charge is -2.28. The average Bonchev–Trinajstić information content (AvgIpc) is 2.55. The second-order valence-corrected chi connectivity index (χ2v) is 7.19. The average molecular weight is 253 g/mol. The van der Waals surface area contributed by atoms with Crippen LogP contribution in [0.25, 0.3) is 0 Å². The number of hydrogen-bond donors (Lipinski definition) is 1. The summed E-state index contributed by atoms with van der Waals surface area (Å²) in [7, 11) is 0. The van der Waals surface area contributed by atoms with E-state index < -0.39 is 0 Å². The molecule has 1 nitrogen and oxygen atoms in total. The van der Waals surface area contributed by atoms with Crippen molar-refractivity contribution in [1.29, 1.82) is 0 Å². The SMILES string of the molecule is CC(C)CNCC(CC(C)C)C1CCCCCC1. The van der Waals surface area contributed by atoms with E-state index in [1.54, 1.807) is 0 Å². The molecule has 0 radical (unpaired) electrons. The Labute approximate surface area is 115 Å². The minimum absolute atomic E-state index is 0.777. The molecule has 0 amide bonds. The zero-order chi connectivity index (χ0) is 13.4. The molecule has 0 aliphatic heterocycles. The second kappa shape index (κ2) is 8.96. The minimum Gasteiger partial charge on any atom is -0.316 e. The molecular formula is C17H35N. The van der Waals surface area contributed by atoms with Crippen LogP contribution in [0, 0.1) is 23.7 Å². The quantitative estimate of drug-likeness (QED) is 0.639. The Morgan fingerprint density at radius 1 is 0.833 bits per heavy atom. The molecule has 1 aliphatic carbocycles. The molecule has 0 saturated heterocycles. The molecule has 1 saturated carbocycles. The topological polar surface area (TPSA) is 12.0 Å². The van der Waals surface area contributed by atoms with E-state index in [1.807, 2.05) is 0 Å². The van der Waals surface area contributed by atoms with Crippen molar-refractivity contribution in [1.82, 2.24) is 5.32 Å². The summed E-state index contributed by atoms with van der Waals surface area (Å²) in [5.41, 5.74) is 0. The van der Waals surface area contributed by atoms with Crippen LogP contribution in [0.5, 0.6) is 0 Å². The highest BCUT2D eigenvalue weighted by Gasteiger charge is 2.23. The van der Waals surface area contributed by atoms with Crippen LogP contribution in [-0.2, 0) is 0 Å². The zero-order valence-electron chi connectivity index (χ0n) is 13.2. The first-order valence-electron chi connectivity index (χ1n) is 8.30. The standard InChI is InChI=1S/C17H35N/c1-14(2)11-17(13-18-12-15(3)4)16-9-7-5-6-8-10-16/h14-18H,5-13H2,1-4H3. The Morgan fingerprint density at radius 2 is 1.44 bits per heavy atom. The Kier molecular flexibility index (Phi) is 7.97. The summed E-state index contributed by atoms with van der Waals surface area (Å²) in [6.07, 6.45) is 10.3. The van der Waals surface area contributed by atoms with E-state index in [2.05, 4.69) is 33.0 Å². The number of hydrogen-bond acceptors (Lipinski definition) is 1. The Hall–Kier alpha value is -0.0400. The van der Waals surface area contributed by atoms with Gasteiger partial charge in [-0.15, -0.1) is 0 Å². The summed E-state index contributed by atoms with van der Waals surface area (Å²) in [4.78, 5) is 0. The monoisotopic (exact) mass is 253 g/mol. The largest absolute Gasteiger partial charge is 0.316 e. The molecular weight excluding hydrogens is 218 g/mol. The van der Waals surface area contributed by atoms with Gasteiger partial charge in [0.15, 0.2) is 0 Å². The maximum atomic E-state index is 3.71. The normalized spacial score (nSPS) is 20.3. The van der Waals surface area contributed by atoms with Crippen LogP contribution in [0.4, 0.5) is 0 Å². The first kappa shape index (κ1) is 16.0. The highest BCUT2D eigenvalue weighted by Crippen LogP contribution is 2.32. The maximum Gasteiger partial charge on any atom is -0.00177 e. The van der Waals surface area contributed by atoms with Crippen LogP contribution >= 0.6 is 0 Å². The second-order valence-electron chi connectivity index (χ2n) is 7.19. The molecule has 1 rings (SSSR count). The van der Waals surface area contributed by atoms with E-state index >= 15 is 0 Å². The van der Waals surface area contributed by atoms with Gasteiger partial charge in [-0.05, 0) is 43.2 Å². The number of rotatable bonds is 7. The molecule has 1 fully saturated rings. The van der Waals surface area contributed by atoms with Gasteiger partial charge in [-0.3, -0.25) is 0 Å². The van der Waals surface area contributed by atoms with Crippen molar-refractivity contribution in [2.45, 2.75) is 72.6 Å². The van der Waals surface area contributed by atoms with Gasteiger partial charge in [0.1, 0.15) is 0 Å². The van der Waals surface area contributed by atoms with Gasteiger partial charge in [-0.1, -0.05) is 66.2 Å². The van der Waals surface area contributed by atoms with Crippen molar-refractivity contribution in [3.05, 3.63) is 0 Å². The van der Waals surface area contributed by atoms with E-state index in [1.165, 1.54) is 58.0 Å². The summed E-state index contributed by atoms with van der Waals surface area (Å²) in [5.74, 6) is 3.54. The Balaban J connectivity index is 2.41. The molecule has 0 bridgehead atoms. The lowest BCUT2D eigenvalue weighted by Crippen LogP contribution is -2.31. The molecule has 0 spiro atoms. The molecule has 0 heterocycles. The van der Waals surface area contributed by atoms with E-state index in [4.69, 9.17) is 0 Å². The van der Waals surface area contributed by atoms with E-state index in [0.717, 1.165) is 23.7 Å². The van der Waals surface area contributed by atoms with Gasteiger partial charge < -0.3 is 5.32 Å². The fraction of sp³-hybridized carbons (Fsp3) is 1.00. The van der Waals surface area contributed by atoms with Crippen molar-refractivity contribution in [3.63, 3.8) is 0 Å². The molecule has 1 aliphatic rings. The third kappa shape index (κ3) is 6.78. The van der Waals surface area contributed by atoms with E-state index in [-0.39, 0.29) is 0 Å². The van der Waals surface area contributed by atoms with Gasteiger partial charge in [-0.2, -0.15) is 0 Å². The fourth-order valence-corrected chi connectivity index (χ4v) is 3.39. The summed E-state index contributed by atoms with van der Waals surface area (Å²) < 4.78 is 0. The van der Waals surface area contributed by atoms with Crippen molar-refractivity contribution < 1.29 is 0 Å². The van der Waals surface area contributed by atoms with Gasteiger partial charge in [0, 0.05) is 0 Å². The van der Waals surface area contributed by atoms with Gasteiger partial charge in [0.25, 0.3) is 0 Å². The summed E-state index contributed by atoms with van der Waals surface area (Å²) in [5, 5.41) is 3.71. The summed E-state index contributed by atoms with van der Waals surface area (Å²) in [6.45, 7) is 11.8. The van der Waals surface area contributed by atoms with Crippen molar-refractivity contribution >= 4 is 0 Å². The highest BCUT2D eigenvalue weighted by atomic mass is 14.9. The molecule has 18 heavy (non-hydrogen) atoms. The molecule has 1 atom stereocenters. The van der Waals surface area contributed by atoms with Crippen LogP contribution in [-0.4, -0.2) is 13.1 Å². The molecule has 0 aromatic rings. The van der Waals surface area contributed by atoms with Crippen molar-refractivity contribution in [2.24, 2.45) is 23.7 Å². The smallest absolute Gasteiger partial charge is 0.00177 e. The van der Waals surface area contributed by atoms with Crippen LogP contribution < -0.4 is 5.32 Å². The van der Waals surface area contributed by atoms with E-state index in [0.29, 0.717) is 0 Å². The predicted molar refractivity (Wildman–Crippen MR) is 81.8 cm³/mol. The first-order chi connectivity index (χ1) is 8.59. The van der Waals surface area contributed by atoms with Gasteiger partial charge in [0.2, 0.25) is 0 Å². The van der Waals surface area contributed by atoms with Crippen LogP contribution in [0.2, 0.25) is 0 Å². The van der Waals surface area contributed by atoms with Gasteiger partial charge >= 0.3 is 0 Å². The third-order valence-electron chi connectivity index (χ3n) is 4.30. The first-order valence-corrected chi connectivity index (χ1v) is 8.30. The molecule has 1 N–H and O–H groups in total. The predicted octanol–water partition coefficient (Wildman–Crippen LogP) is 4.86. The van der Waals surface area contributed by atoms with Crippen LogP contribution in [0.3, 0.4) is 0 Å². The molecule has 108 valence electrons.